The minimum Gasteiger partial charge on any atom is -0.469 e. The molecule has 7 nitrogen and oxygen atoms in total. The first-order valence-electron chi connectivity index (χ1n) is 11.0. The second kappa shape index (κ2) is 8.99. The molecule has 33 heavy (non-hydrogen) atoms. The highest BCUT2D eigenvalue weighted by Gasteiger charge is 2.36. The van der Waals surface area contributed by atoms with Crippen LogP contribution >= 0.6 is 22.9 Å². The van der Waals surface area contributed by atoms with Crippen LogP contribution in [0, 0.1) is 19.3 Å². The molecule has 0 saturated carbocycles. The predicted molar refractivity (Wildman–Crippen MR) is 130 cm³/mol. The molecule has 0 bridgehead atoms. The zero-order valence-electron chi connectivity index (χ0n) is 19.6. The molecular weight excluding hydrogens is 460 g/mol. The zero-order valence-corrected chi connectivity index (χ0v) is 21.1. The van der Waals surface area contributed by atoms with Crippen molar-refractivity contribution in [3.05, 3.63) is 56.3 Å². The van der Waals surface area contributed by atoms with Gasteiger partial charge in [-0.15, -0.1) is 11.3 Å². The van der Waals surface area contributed by atoms with E-state index < -0.39 is 5.41 Å². The van der Waals surface area contributed by atoms with Crippen molar-refractivity contribution in [2.75, 3.05) is 18.4 Å². The molecule has 4 rings (SSSR count). The fraction of sp³-hybridized carbons (Fsp3) is 0.458. The van der Waals surface area contributed by atoms with Crippen LogP contribution in [0.25, 0.3) is 0 Å². The van der Waals surface area contributed by atoms with E-state index in [1.807, 2.05) is 44.7 Å². The highest BCUT2D eigenvalue weighted by molar-refractivity contribution is 7.16. The van der Waals surface area contributed by atoms with Gasteiger partial charge in [-0.2, -0.15) is 9.78 Å². The third-order valence-corrected chi connectivity index (χ3v) is 7.12. The lowest BCUT2D eigenvalue weighted by Crippen LogP contribution is -2.37. The number of furan rings is 1. The van der Waals surface area contributed by atoms with E-state index in [2.05, 4.69) is 5.32 Å². The van der Waals surface area contributed by atoms with Crippen LogP contribution in [0.5, 0.6) is 0 Å². The number of carbonyl (C=O) groups is 2. The molecule has 4 heterocycles. The molecule has 0 aromatic carbocycles. The number of rotatable bonds is 5. The molecule has 1 N–H and O–H groups in total. The van der Waals surface area contributed by atoms with E-state index >= 15 is 0 Å². The summed E-state index contributed by atoms with van der Waals surface area (Å²) in [7, 11) is 0. The molecule has 1 unspecified atom stereocenters. The van der Waals surface area contributed by atoms with Crippen molar-refractivity contribution in [3.8, 4) is 0 Å². The maximum absolute atomic E-state index is 13.3. The van der Waals surface area contributed by atoms with Gasteiger partial charge in [-0.25, -0.2) is 0 Å². The minimum atomic E-state index is -0.424. The Balaban J connectivity index is 1.64. The lowest BCUT2D eigenvalue weighted by molar-refractivity contribution is -0.138. The summed E-state index contributed by atoms with van der Waals surface area (Å²) in [6, 6.07) is 5.53. The Morgan fingerprint density at radius 2 is 2.06 bits per heavy atom. The van der Waals surface area contributed by atoms with Crippen molar-refractivity contribution in [1.82, 2.24) is 14.7 Å². The molecule has 176 valence electrons. The summed E-state index contributed by atoms with van der Waals surface area (Å²) in [5.74, 6) is 1.28. The van der Waals surface area contributed by atoms with Gasteiger partial charge in [0.15, 0.2) is 0 Å². The lowest BCUT2D eigenvalue weighted by Gasteiger charge is -2.25. The number of nitrogens with zero attached hydrogens (tertiary/aromatic N) is 3. The summed E-state index contributed by atoms with van der Waals surface area (Å²) >= 11 is 7.57. The molecule has 1 atom stereocenters. The third kappa shape index (κ3) is 4.87. The number of thiophene rings is 1. The number of aromatic nitrogens is 2. The van der Waals surface area contributed by atoms with Gasteiger partial charge >= 0.3 is 0 Å². The van der Waals surface area contributed by atoms with Crippen LogP contribution in [-0.4, -0.2) is 39.6 Å². The largest absolute Gasteiger partial charge is 0.469 e. The second-order valence-electron chi connectivity index (χ2n) is 9.57. The van der Waals surface area contributed by atoms with Gasteiger partial charge in [-0.1, -0.05) is 32.4 Å². The standard InChI is InChI=1S/C24H29ClN4O3S/c1-14-10-17(13-32-14)22(30)29-21(26-11-18-6-7-19(25)33-18)15(2)20(27-29)16-8-9-28(12-16)23(31)24(3,4)5/h6-7,10,13,16,26H,8-9,11-12H2,1-5H3. The van der Waals surface area contributed by atoms with E-state index in [0.717, 1.165) is 26.9 Å². The predicted octanol–water partition coefficient (Wildman–Crippen LogP) is 5.47. The van der Waals surface area contributed by atoms with Crippen LogP contribution in [0.1, 0.15) is 65.4 Å². The molecule has 1 fully saturated rings. The van der Waals surface area contributed by atoms with E-state index in [1.165, 1.54) is 22.3 Å². The molecule has 9 heteroatoms. The van der Waals surface area contributed by atoms with Crippen LogP contribution in [0.2, 0.25) is 4.34 Å². The van der Waals surface area contributed by atoms with E-state index in [4.69, 9.17) is 21.1 Å². The summed E-state index contributed by atoms with van der Waals surface area (Å²) in [4.78, 5) is 29.0. The molecule has 0 spiro atoms. The van der Waals surface area contributed by atoms with Crippen molar-refractivity contribution >= 4 is 40.6 Å². The van der Waals surface area contributed by atoms with E-state index in [9.17, 15) is 9.59 Å². The van der Waals surface area contributed by atoms with Crippen LogP contribution in [0.15, 0.2) is 28.9 Å². The highest BCUT2D eigenvalue weighted by Crippen LogP contribution is 2.34. The Morgan fingerprint density at radius 1 is 1.30 bits per heavy atom. The van der Waals surface area contributed by atoms with Crippen molar-refractivity contribution in [2.24, 2.45) is 5.41 Å². The summed E-state index contributed by atoms with van der Waals surface area (Å²) < 4.78 is 7.50. The van der Waals surface area contributed by atoms with E-state index in [0.29, 0.717) is 36.8 Å². The van der Waals surface area contributed by atoms with Crippen LogP contribution < -0.4 is 5.32 Å². The van der Waals surface area contributed by atoms with Crippen molar-refractivity contribution in [2.45, 2.75) is 53.5 Å². The summed E-state index contributed by atoms with van der Waals surface area (Å²) in [6.45, 7) is 11.4. The molecule has 1 saturated heterocycles. The lowest BCUT2D eigenvalue weighted by atomic mass is 9.95. The van der Waals surface area contributed by atoms with Gasteiger partial charge in [-0.3, -0.25) is 9.59 Å². The topological polar surface area (TPSA) is 80.4 Å². The molecule has 3 aromatic rings. The molecule has 1 aliphatic heterocycles. The van der Waals surface area contributed by atoms with Crippen LogP contribution in [-0.2, 0) is 11.3 Å². The number of carbonyl (C=O) groups excluding carboxylic acids is 2. The first kappa shape index (κ1) is 23.6. The number of halogens is 1. The average molecular weight is 489 g/mol. The number of hydrogen-bond donors (Lipinski definition) is 1. The van der Waals surface area contributed by atoms with Crippen molar-refractivity contribution < 1.29 is 14.0 Å². The van der Waals surface area contributed by atoms with Gasteiger partial charge in [0.1, 0.15) is 17.8 Å². The van der Waals surface area contributed by atoms with Gasteiger partial charge < -0.3 is 14.6 Å². The Hall–Kier alpha value is -2.58. The summed E-state index contributed by atoms with van der Waals surface area (Å²) in [6.07, 6.45) is 2.27. The fourth-order valence-electron chi connectivity index (χ4n) is 4.19. The zero-order chi connectivity index (χ0) is 23.9. The van der Waals surface area contributed by atoms with E-state index in [1.54, 1.807) is 13.0 Å². The number of hydrogen-bond acceptors (Lipinski definition) is 6. The van der Waals surface area contributed by atoms with Gasteiger partial charge in [0, 0.05) is 34.9 Å². The molecule has 0 radical (unpaired) electrons. The molecule has 3 aromatic heterocycles. The third-order valence-electron chi connectivity index (χ3n) is 5.89. The van der Waals surface area contributed by atoms with Gasteiger partial charge in [0.2, 0.25) is 5.91 Å². The van der Waals surface area contributed by atoms with E-state index in [-0.39, 0.29) is 17.7 Å². The normalized spacial score (nSPS) is 16.4. The van der Waals surface area contributed by atoms with Crippen LogP contribution in [0.3, 0.4) is 0 Å². The smallest absolute Gasteiger partial charge is 0.283 e. The number of aryl methyl sites for hydroxylation is 1. The number of amides is 1. The second-order valence-corrected chi connectivity index (χ2v) is 11.4. The first-order chi connectivity index (χ1) is 15.5. The van der Waals surface area contributed by atoms with Gasteiger partial charge in [0.05, 0.1) is 22.1 Å². The average Bonchev–Trinajstić information content (AvgIpc) is 3.52. The number of anilines is 1. The number of likely N-dealkylation sites (tertiary alicyclic amines) is 1. The number of nitrogens with one attached hydrogen (secondary N) is 1. The molecule has 0 aliphatic carbocycles. The van der Waals surface area contributed by atoms with Crippen molar-refractivity contribution in [3.63, 3.8) is 0 Å². The summed E-state index contributed by atoms with van der Waals surface area (Å²) in [5, 5.41) is 8.14. The molecular formula is C24H29ClN4O3S. The Morgan fingerprint density at radius 3 is 2.67 bits per heavy atom. The fourth-order valence-corrected chi connectivity index (χ4v) is 5.22. The minimum absolute atomic E-state index is 0.0770. The SMILES string of the molecule is Cc1cc(C(=O)n2nc(C3CCN(C(=O)C(C)(C)C)C3)c(C)c2NCc2ccc(Cl)s2)co1. The Labute approximate surface area is 202 Å². The quantitative estimate of drug-likeness (QED) is 0.515. The maximum Gasteiger partial charge on any atom is 0.283 e. The maximum atomic E-state index is 13.3. The molecule has 1 amide bonds. The highest BCUT2D eigenvalue weighted by atomic mass is 35.5. The molecule has 1 aliphatic rings. The summed E-state index contributed by atoms with van der Waals surface area (Å²) in [5.41, 5.74) is 1.79. The Bertz CT molecular complexity index is 1190. The van der Waals surface area contributed by atoms with Gasteiger partial charge in [-0.05, 0) is 38.5 Å². The van der Waals surface area contributed by atoms with Crippen molar-refractivity contribution in [1.29, 1.82) is 0 Å². The first-order valence-corrected chi connectivity index (χ1v) is 12.2. The van der Waals surface area contributed by atoms with Gasteiger partial charge in [0.25, 0.3) is 5.91 Å². The van der Waals surface area contributed by atoms with Crippen LogP contribution in [0.4, 0.5) is 5.82 Å². The monoisotopic (exact) mass is 488 g/mol. The Kier molecular flexibility index (Phi) is 6.42.